The summed E-state index contributed by atoms with van der Waals surface area (Å²) in [5, 5.41) is 12.6. The van der Waals surface area contributed by atoms with Gasteiger partial charge in [-0.2, -0.15) is 5.26 Å². The maximum Gasteiger partial charge on any atom is 0.262 e. The van der Waals surface area contributed by atoms with Gasteiger partial charge in [0.1, 0.15) is 11.4 Å². The van der Waals surface area contributed by atoms with Crippen LogP contribution in [0, 0.1) is 17.1 Å². The Hall–Kier alpha value is -2.45. The van der Waals surface area contributed by atoms with Crippen LogP contribution in [-0.2, 0) is 10.3 Å². The van der Waals surface area contributed by atoms with Gasteiger partial charge in [-0.3, -0.25) is 0 Å². The molecule has 0 unspecified atom stereocenters. The predicted octanol–water partition coefficient (Wildman–Crippen LogP) is 5.25. The molecule has 1 N–H and O–H groups in total. The monoisotopic (exact) mass is 352 g/mol. The van der Waals surface area contributed by atoms with E-state index in [4.69, 9.17) is 22.2 Å². The van der Waals surface area contributed by atoms with E-state index in [1.54, 1.807) is 6.07 Å². The molecule has 1 aliphatic heterocycles. The smallest absolute Gasteiger partial charge is 0.262 e. The number of ether oxygens (including phenoxy) is 1. The van der Waals surface area contributed by atoms with Crippen LogP contribution in [0.15, 0.2) is 36.4 Å². The van der Waals surface area contributed by atoms with Crippen molar-refractivity contribution in [2.75, 3.05) is 5.32 Å². The first-order valence-corrected chi connectivity index (χ1v) is 8.86. The molecule has 2 aromatic carbocycles. The highest BCUT2D eigenvalue weighted by Crippen LogP contribution is 2.47. The minimum Gasteiger partial charge on any atom is -0.459 e. The highest BCUT2D eigenvalue weighted by molar-refractivity contribution is 7.80. The number of nitrogens with one attached hydrogen (secondary N) is 1. The van der Waals surface area contributed by atoms with Gasteiger partial charge < -0.3 is 10.1 Å². The quantitative estimate of drug-likeness (QED) is 0.712. The van der Waals surface area contributed by atoms with E-state index in [0.717, 1.165) is 42.5 Å². The maximum atomic E-state index is 13.8. The Labute approximate surface area is 151 Å². The summed E-state index contributed by atoms with van der Waals surface area (Å²) in [6.45, 7) is 0. The summed E-state index contributed by atoms with van der Waals surface area (Å²) in [5.41, 5.74) is 3.52. The fourth-order valence-electron chi connectivity index (χ4n) is 3.89. The van der Waals surface area contributed by atoms with Crippen LogP contribution in [0.1, 0.15) is 43.2 Å². The van der Waals surface area contributed by atoms with E-state index in [1.165, 1.54) is 18.6 Å². The Morgan fingerprint density at radius 2 is 1.88 bits per heavy atom. The fraction of sp³-hybridized carbons (Fsp3) is 0.300. The van der Waals surface area contributed by atoms with E-state index >= 15 is 0 Å². The average molecular weight is 352 g/mol. The zero-order valence-electron chi connectivity index (χ0n) is 13.6. The summed E-state index contributed by atoms with van der Waals surface area (Å²) >= 11 is 5.29. The molecule has 0 radical (unpaired) electrons. The largest absolute Gasteiger partial charge is 0.459 e. The number of anilines is 1. The van der Waals surface area contributed by atoms with E-state index in [2.05, 4.69) is 5.32 Å². The number of rotatable bonds is 1. The Kier molecular flexibility index (Phi) is 3.93. The minimum atomic E-state index is -0.408. The molecule has 2 aliphatic rings. The summed E-state index contributed by atoms with van der Waals surface area (Å²) in [6, 6.07) is 12.4. The number of nitriles is 1. The second-order valence-electron chi connectivity index (χ2n) is 6.67. The van der Waals surface area contributed by atoms with Gasteiger partial charge in [-0.05, 0) is 79.4 Å². The zero-order valence-corrected chi connectivity index (χ0v) is 14.5. The third kappa shape index (κ3) is 2.87. The lowest BCUT2D eigenvalue weighted by Crippen LogP contribution is -2.40. The number of fused-ring (bicyclic) bond motifs is 2. The van der Waals surface area contributed by atoms with Crippen molar-refractivity contribution in [3.63, 3.8) is 0 Å². The first-order chi connectivity index (χ1) is 12.1. The predicted molar refractivity (Wildman–Crippen MR) is 98.6 cm³/mol. The van der Waals surface area contributed by atoms with E-state index in [1.807, 2.05) is 24.3 Å². The number of hydrogen-bond donors (Lipinski definition) is 1. The third-order valence-corrected chi connectivity index (χ3v) is 5.24. The molecule has 1 saturated carbocycles. The Morgan fingerprint density at radius 3 is 2.64 bits per heavy atom. The summed E-state index contributed by atoms with van der Waals surface area (Å²) in [7, 11) is 0. The number of thiocarbonyl (C=S) groups is 1. The van der Waals surface area contributed by atoms with Crippen LogP contribution in [-0.4, -0.2) is 5.17 Å². The summed E-state index contributed by atoms with van der Waals surface area (Å²) in [4.78, 5) is 0. The van der Waals surface area contributed by atoms with Crippen molar-refractivity contribution in [2.45, 2.75) is 37.7 Å². The lowest BCUT2D eigenvalue weighted by molar-refractivity contribution is 0.0141. The lowest BCUT2D eigenvalue weighted by Gasteiger charge is -2.42. The Morgan fingerprint density at radius 1 is 1.08 bits per heavy atom. The van der Waals surface area contributed by atoms with Crippen LogP contribution in [0.2, 0.25) is 0 Å². The van der Waals surface area contributed by atoms with Gasteiger partial charge in [-0.15, -0.1) is 0 Å². The van der Waals surface area contributed by atoms with Crippen molar-refractivity contribution >= 4 is 23.1 Å². The number of halogens is 1. The van der Waals surface area contributed by atoms with Gasteiger partial charge in [0.2, 0.25) is 0 Å². The van der Waals surface area contributed by atoms with Gasteiger partial charge in [0.25, 0.3) is 5.17 Å². The zero-order chi connectivity index (χ0) is 17.4. The van der Waals surface area contributed by atoms with E-state index in [0.29, 0.717) is 16.3 Å². The van der Waals surface area contributed by atoms with E-state index in [-0.39, 0.29) is 0 Å². The standard InChI is InChI=1S/C20H17FN2OS/c21-16-9-13(12-22)8-15(10-16)14-4-5-18-17(11-14)20(24-19(25)23-18)6-2-1-3-7-20/h4-5,8-11H,1-3,6-7H2,(H,23,25). The molecule has 1 heterocycles. The molecule has 1 fully saturated rings. The molecule has 3 nitrogen and oxygen atoms in total. The van der Waals surface area contributed by atoms with Crippen molar-refractivity contribution in [3.05, 3.63) is 53.3 Å². The molecular weight excluding hydrogens is 335 g/mol. The normalized spacial score (nSPS) is 18.0. The van der Waals surface area contributed by atoms with Crippen molar-refractivity contribution in [3.8, 4) is 17.2 Å². The molecule has 1 aliphatic carbocycles. The molecular formula is C20H17FN2OS. The summed E-state index contributed by atoms with van der Waals surface area (Å²) in [5.74, 6) is -0.408. The van der Waals surface area contributed by atoms with Crippen molar-refractivity contribution in [2.24, 2.45) is 0 Å². The van der Waals surface area contributed by atoms with Crippen LogP contribution in [0.3, 0.4) is 0 Å². The van der Waals surface area contributed by atoms with Gasteiger partial charge in [-0.1, -0.05) is 12.5 Å². The molecule has 25 heavy (non-hydrogen) atoms. The van der Waals surface area contributed by atoms with Gasteiger partial charge in [0.15, 0.2) is 0 Å². The SMILES string of the molecule is N#Cc1cc(F)cc(-c2ccc3c(c2)C2(CCCCC2)OC(=S)N3)c1. The van der Waals surface area contributed by atoms with Gasteiger partial charge in [0, 0.05) is 11.3 Å². The minimum absolute atomic E-state index is 0.315. The Balaban J connectivity index is 1.84. The van der Waals surface area contributed by atoms with Crippen LogP contribution < -0.4 is 5.32 Å². The highest BCUT2D eigenvalue weighted by Gasteiger charge is 2.41. The third-order valence-electron chi connectivity index (χ3n) is 5.06. The Bertz CT molecular complexity index is 897. The second kappa shape index (κ2) is 6.12. The number of benzene rings is 2. The molecule has 0 bridgehead atoms. The topological polar surface area (TPSA) is 45.0 Å². The van der Waals surface area contributed by atoms with Gasteiger partial charge in [-0.25, -0.2) is 4.39 Å². The van der Waals surface area contributed by atoms with Crippen LogP contribution >= 0.6 is 12.2 Å². The summed E-state index contributed by atoms with van der Waals surface area (Å²) in [6.07, 6.45) is 5.27. The van der Waals surface area contributed by atoms with E-state index in [9.17, 15) is 4.39 Å². The molecule has 126 valence electrons. The second-order valence-corrected chi connectivity index (χ2v) is 7.04. The lowest BCUT2D eigenvalue weighted by atomic mass is 9.77. The average Bonchev–Trinajstić information content (AvgIpc) is 2.61. The van der Waals surface area contributed by atoms with Gasteiger partial charge >= 0.3 is 0 Å². The molecule has 0 saturated heterocycles. The van der Waals surface area contributed by atoms with Gasteiger partial charge in [0.05, 0.1) is 11.6 Å². The highest BCUT2D eigenvalue weighted by atomic mass is 32.1. The van der Waals surface area contributed by atoms with E-state index < -0.39 is 11.4 Å². The first-order valence-electron chi connectivity index (χ1n) is 8.45. The molecule has 5 heteroatoms. The van der Waals surface area contributed by atoms with Crippen LogP contribution in [0.5, 0.6) is 0 Å². The maximum absolute atomic E-state index is 13.8. The molecule has 1 spiro atoms. The van der Waals surface area contributed by atoms with Crippen LogP contribution in [0.25, 0.3) is 11.1 Å². The van der Waals surface area contributed by atoms with Crippen LogP contribution in [0.4, 0.5) is 10.1 Å². The number of hydrogen-bond acceptors (Lipinski definition) is 3. The molecule has 2 aromatic rings. The summed E-state index contributed by atoms with van der Waals surface area (Å²) < 4.78 is 19.9. The fourth-order valence-corrected chi connectivity index (χ4v) is 4.16. The molecule has 0 aromatic heterocycles. The van der Waals surface area contributed by atoms with Crippen molar-refractivity contribution < 1.29 is 9.13 Å². The van der Waals surface area contributed by atoms with Crippen molar-refractivity contribution in [1.82, 2.24) is 0 Å². The van der Waals surface area contributed by atoms with Crippen molar-refractivity contribution in [1.29, 1.82) is 5.26 Å². The number of nitrogens with zero attached hydrogens (tertiary/aromatic N) is 1. The first kappa shape index (κ1) is 16.0. The molecule has 4 rings (SSSR count). The molecule has 0 atom stereocenters. The molecule has 0 amide bonds.